The lowest BCUT2D eigenvalue weighted by atomic mass is 10.2. The molecular formula is C24H22Cl2F3N5O4. The summed E-state index contributed by atoms with van der Waals surface area (Å²) in [7, 11) is 0. The molecule has 38 heavy (non-hydrogen) atoms. The number of halogens is 5. The minimum Gasteiger partial charge on any atom is -0.456 e. The molecule has 0 atom stereocenters. The van der Waals surface area contributed by atoms with Crippen molar-refractivity contribution in [3.8, 4) is 11.5 Å². The van der Waals surface area contributed by atoms with E-state index in [1.807, 2.05) is 16.8 Å². The van der Waals surface area contributed by atoms with Crippen LogP contribution < -0.4 is 15.8 Å². The molecule has 2 heterocycles. The maximum Gasteiger partial charge on any atom is 0.416 e. The Balaban J connectivity index is 0.00000400. The van der Waals surface area contributed by atoms with Crippen LogP contribution in [0.5, 0.6) is 11.5 Å². The molecule has 202 valence electrons. The van der Waals surface area contributed by atoms with Crippen LogP contribution in [0, 0.1) is 0 Å². The highest BCUT2D eigenvalue weighted by atomic mass is 35.5. The topological polar surface area (TPSA) is 114 Å². The normalized spacial score (nSPS) is 11.2. The van der Waals surface area contributed by atoms with E-state index < -0.39 is 17.8 Å². The summed E-state index contributed by atoms with van der Waals surface area (Å²) in [5.74, 6) is 0.714. The third-order valence-electron chi connectivity index (χ3n) is 5.08. The Labute approximate surface area is 226 Å². The molecule has 2 aromatic heterocycles. The van der Waals surface area contributed by atoms with Crippen LogP contribution >= 0.6 is 24.0 Å². The van der Waals surface area contributed by atoms with Gasteiger partial charge in [-0.15, -0.1) is 12.4 Å². The van der Waals surface area contributed by atoms with Crippen LogP contribution in [0.4, 0.5) is 29.5 Å². The van der Waals surface area contributed by atoms with E-state index in [-0.39, 0.29) is 42.1 Å². The first kappa shape index (κ1) is 28.8. The maximum absolute atomic E-state index is 13.0. The average Bonchev–Trinajstić information content (AvgIpc) is 3.26. The van der Waals surface area contributed by atoms with Gasteiger partial charge in [-0.05, 0) is 42.5 Å². The van der Waals surface area contributed by atoms with E-state index in [1.54, 1.807) is 18.2 Å². The number of rotatable bonds is 10. The van der Waals surface area contributed by atoms with Gasteiger partial charge in [0.05, 0.1) is 29.3 Å². The van der Waals surface area contributed by atoms with Gasteiger partial charge in [-0.2, -0.15) is 13.2 Å². The predicted molar refractivity (Wildman–Crippen MR) is 137 cm³/mol. The van der Waals surface area contributed by atoms with Gasteiger partial charge in [0.25, 0.3) is 0 Å². The van der Waals surface area contributed by atoms with Gasteiger partial charge in [-0.3, -0.25) is 0 Å². The Hall–Kier alpha value is -3.74. The van der Waals surface area contributed by atoms with Crippen molar-refractivity contribution in [3.63, 3.8) is 0 Å². The zero-order valence-corrected chi connectivity index (χ0v) is 21.1. The number of hydrogen-bond acceptors (Lipinski definition) is 7. The van der Waals surface area contributed by atoms with Crippen LogP contribution in [0.15, 0.2) is 61.1 Å². The summed E-state index contributed by atoms with van der Waals surface area (Å²) in [4.78, 5) is 19.2. The van der Waals surface area contributed by atoms with E-state index in [9.17, 15) is 18.0 Å². The maximum atomic E-state index is 13.0. The standard InChI is InChI=1S/C24H21ClF3N5O4.ClH/c25-18-13-16(4-5-20(18)37-17-3-1-2-15(12-17)24(26,27)28)32-22-21-19(30-14-31-22)6-7-33(21)8-9-35-10-11-36-23(29)34;/h1-7,12-14H,8-11H2,(H2,29,34)(H,30,31,32);1H. The van der Waals surface area contributed by atoms with Gasteiger partial charge in [-0.25, -0.2) is 14.8 Å². The van der Waals surface area contributed by atoms with Crippen molar-refractivity contribution >= 4 is 52.6 Å². The molecule has 0 saturated heterocycles. The van der Waals surface area contributed by atoms with Gasteiger partial charge in [0.1, 0.15) is 29.9 Å². The summed E-state index contributed by atoms with van der Waals surface area (Å²) >= 11 is 6.35. The average molecular weight is 572 g/mol. The van der Waals surface area contributed by atoms with E-state index >= 15 is 0 Å². The molecule has 14 heteroatoms. The van der Waals surface area contributed by atoms with Crippen molar-refractivity contribution in [2.75, 3.05) is 25.1 Å². The number of carbonyl (C=O) groups is 1. The fourth-order valence-corrected chi connectivity index (χ4v) is 3.66. The molecule has 9 nitrogen and oxygen atoms in total. The molecule has 1 amide bonds. The molecule has 4 aromatic rings. The largest absolute Gasteiger partial charge is 0.456 e. The summed E-state index contributed by atoms with van der Waals surface area (Å²) in [6.07, 6.45) is -2.09. The second kappa shape index (κ2) is 12.7. The minimum absolute atomic E-state index is 0. The monoisotopic (exact) mass is 571 g/mol. The number of hydrogen-bond donors (Lipinski definition) is 2. The number of aromatic nitrogens is 3. The lowest BCUT2D eigenvalue weighted by molar-refractivity contribution is -0.137. The smallest absolute Gasteiger partial charge is 0.416 e. The highest BCUT2D eigenvalue weighted by molar-refractivity contribution is 6.32. The number of nitrogens with one attached hydrogen (secondary N) is 1. The Morgan fingerprint density at radius 1 is 1.08 bits per heavy atom. The molecule has 3 N–H and O–H groups in total. The minimum atomic E-state index is -4.48. The number of nitrogens with zero attached hydrogens (tertiary/aromatic N) is 3. The molecule has 4 rings (SSSR count). The van der Waals surface area contributed by atoms with Crippen LogP contribution in [-0.4, -0.2) is 40.4 Å². The molecule has 0 fully saturated rings. The molecule has 0 saturated carbocycles. The molecular weight excluding hydrogens is 550 g/mol. The highest BCUT2D eigenvalue weighted by Gasteiger charge is 2.30. The Morgan fingerprint density at radius 3 is 2.63 bits per heavy atom. The van der Waals surface area contributed by atoms with Crippen molar-refractivity contribution in [1.82, 2.24) is 14.5 Å². The Kier molecular flexibility index (Phi) is 9.61. The number of anilines is 2. The van der Waals surface area contributed by atoms with E-state index in [0.717, 1.165) is 17.6 Å². The molecule has 0 radical (unpaired) electrons. The number of benzene rings is 2. The first-order valence-corrected chi connectivity index (χ1v) is 11.3. The number of amides is 1. The van der Waals surface area contributed by atoms with Gasteiger partial charge in [0, 0.05) is 18.4 Å². The molecule has 0 aliphatic heterocycles. The van der Waals surface area contributed by atoms with Crippen LogP contribution in [0.1, 0.15) is 5.56 Å². The number of alkyl halides is 3. The second-order valence-corrected chi connectivity index (χ2v) is 8.05. The van der Waals surface area contributed by atoms with Crippen LogP contribution in [0.3, 0.4) is 0 Å². The molecule has 0 spiro atoms. The summed E-state index contributed by atoms with van der Waals surface area (Å²) in [5.41, 5.74) is 6.08. The van der Waals surface area contributed by atoms with E-state index in [4.69, 9.17) is 26.8 Å². The SMILES string of the molecule is Cl.NC(=O)OCCOCCn1ccc2ncnc(Nc3ccc(Oc4cccc(C(F)(F)F)c4)c(Cl)c3)c21. The molecule has 0 bridgehead atoms. The summed E-state index contributed by atoms with van der Waals surface area (Å²) in [5, 5.41) is 3.37. The predicted octanol–water partition coefficient (Wildman–Crippen LogP) is 6.17. The van der Waals surface area contributed by atoms with Crippen molar-refractivity contribution in [2.45, 2.75) is 12.7 Å². The summed E-state index contributed by atoms with van der Waals surface area (Å²) < 4.78 is 56.5. The zero-order chi connectivity index (χ0) is 26.4. The van der Waals surface area contributed by atoms with E-state index in [2.05, 4.69) is 20.0 Å². The lowest BCUT2D eigenvalue weighted by Crippen LogP contribution is -2.17. The molecule has 0 aliphatic carbocycles. The quantitative estimate of drug-likeness (QED) is 0.219. The van der Waals surface area contributed by atoms with Gasteiger partial charge in [0.2, 0.25) is 0 Å². The van der Waals surface area contributed by atoms with Crippen molar-refractivity contribution in [2.24, 2.45) is 5.73 Å². The third-order valence-corrected chi connectivity index (χ3v) is 5.38. The highest BCUT2D eigenvalue weighted by Crippen LogP contribution is 2.36. The van der Waals surface area contributed by atoms with Crippen molar-refractivity contribution < 1.29 is 32.2 Å². The lowest BCUT2D eigenvalue weighted by Gasteiger charge is -2.13. The summed E-state index contributed by atoms with van der Waals surface area (Å²) in [6.45, 7) is 1.09. The van der Waals surface area contributed by atoms with Crippen molar-refractivity contribution in [3.05, 3.63) is 71.6 Å². The van der Waals surface area contributed by atoms with Gasteiger partial charge < -0.3 is 29.8 Å². The van der Waals surface area contributed by atoms with Crippen LogP contribution in [-0.2, 0) is 22.2 Å². The van der Waals surface area contributed by atoms with E-state index in [1.165, 1.54) is 18.5 Å². The molecule has 0 unspecified atom stereocenters. The third kappa shape index (κ3) is 7.40. The molecule has 2 aromatic carbocycles. The number of fused-ring (bicyclic) bond motifs is 1. The van der Waals surface area contributed by atoms with Gasteiger partial charge in [-0.1, -0.05) is 17.7 Å². The second-order valence-electron chi connectivity index (χ2n) is 7.64. The first-order chi connectivity index (χ1) is 17.7. The Morgan fingerprint density at radius 2 is 1.89 bits per heavy atom. The number of primary amides is 1. The van der Waals surface area contributed by atoms with Crippen LogP contribution in [0.2, 0.25) is 5.02 Å². The number of ether oxygens (including phenoxy) is 3. The number of carbonyl (C=O) groups excluding carboxylic acids is 1. The van der Waals surface area contributed by atoms with Gasteiger partial charge >= 0.3 is 12.3 Å². The first-order valence-electron chi connectivity index (χ1n) is 10.9. The molecule has 0 aliphatic rings. The zero-order valence-electron chi connectivity index (χ0n) is 19.6. The summed E-state index contributed by atoms with van der Waals surface area (Å²) in [6, 6.07) is 11.2. The Bertz CT molecular complexity index is 1400. The van der Waals surface area contributed by atoms with Gasteiger partial charge in [0.15, 0.2) is 5.82 Å². The number of nitrogens with two attached hydrogens (primary N) is 1. The fourth-order valence-electron chi connectivity index (χ4n) is 3.44. The van der Waals surface area contributed by atoms with E-state index in [0.29, 0.717) is 30.2 Å². The van der Waals surface area contributed by atoms with Crippen LogP contribution in [0.25, 0.3) is 11.0 Å². The van der Waals surface area contributed by atoms with Crippen molar-refractivity contribution in [1.29, 1.82) is 0 Å². The fraction of sp³-hybridized carbons (Fsp3) is 0.208.